The van der Waals surface area contributed by atoms with Crippen molar-refractivity contribution in [2.24, 2.45) is 40.4 Å². The fourth-order valence-electron chi connectivity index (χ4n) is 9.58. The first kappa shape index (κ1) is 31.3. The van der Waals surface area contributed by atoms with Gasteiger partial charge in [-0.1, -0.05) is 44.6 Å². The van der Waals surface area contributed by atoms with Crippen LogP contribution in [0.5, 0.6) is 0 Å². The Balaban J connectivity index is 1.23. The molecule has 4 aliphatic carbocycles. The van der Waals surface area contributed by atoms with Crippen LogP contribution in [0.25, 0.3) is 0 Å². The van der Waals surface area contributed by atoms with Crippen LogP contribution >= 0.6 is 0 Å². The van der Waals surface area contributed by atoms with Gasteiger partial charge < -0.3 is 9.47 Å². The average Bonchev–Trinajstić information content (AvgIpc) is 3.26. The van der Waals surface area contributed by atoms with Gasteiger partial charge in [-0.05, 0) is 111 Å². The lowest BCUT2D eigenvalue weighted by Crippen LogP contribution is -2.51. The molecule has 234 valence electrons. The zero-order chi connectivity index (χ0) is 29.8. The molecule has 0 radical (unpaired) electrons. The topological polar surface area (TPSA) is 18.5 Å². The number of allylic oxidation sites excluding steroid dienone is 3. The minimum Gasteiger partial charge on any atom is -0.353 e. The van der Waals surface area contributed by atoms with Crippen molar-refractivity contribution in [3.63, 3.8) is 0 Å². The molecule has 9 atom stereocenters. The van der Waals surface area contributed by atoms with Gasteiger partial charge >= 0.3 is 18.0 Å². The molecule has 0 aromatic heterocycles. The molecule has 0 aromatic carbocycles. The molecule has 1 unspecified atom stereocenters. The van der Waals surface area contributed by atoms with Crippen LogP contribution in [0.2, 0.25) is 0 Å². The smallest absolute Gasteiger partial charge is 0.353 e. The first-order valence-corrected chi connectivity index (χ1v) is 15.6. The van der Waals surface area contributed by atoms with E-state index in [9.17, 15) is 30.7 Å². The van der Waals surface area contributed by atoms with Gasteiger partial charge in [0.15, 0.2) is 6.29 Å². The predicted molar refractivity (Wildman–Crippen MR) is 143 cm³/mol. The molecule has 3 saturated carbocycles. The third-order valence-corrected chi connectivity index (χ3v) is 11.9. The molecule has 0 aromatic rings. The molecule has 2 nitrogen and oxygen atoms in total. The number of hydrogen-bond acceptors (Lipinski definition) is 2. The van der Waals surface area contributed by atoms with E-state index in [1.165, 1.54) is 11.6 Å². The van der Waals surface area contributed by atoms with E-state index in [1.807, 2.05) is 6.92 Å². The Labute approximate surface area is 239 Å². The molecule has 9 heteroatoms. The highest BCUT2D eigenvalue weighted by Gasteiger charge is 2.72. The molecule has 0 amide bonds. The molecule has 1 aliphatic heterocycles. The van der Waals surface area contributed by atoms with E-state index in [4.69, 9.17) is 9.47 Å². The van der Waals surface area contributed by atoms with Gasteiger partial charge in [0.2, 0.25) is 0 Å². The Morgan fingerprint density at radius 1 is 0.976 bits per heavy atom. The second kappa shape index (κ2) is 11.1. The minimum atomic E-state index is -6.29. The van der Waals surface area contributed by atoms with E-state index < -0.39 is 24.4 Å². The van der Waals surface area contributed by atoms with Crippen molar-refractivity contribution in [1.29, 1.82) is 0 Å². The summed E-state index contributed by atoms with van der Waals surface area (Å²) in [4.78, 5) is 0. The molecular weight excluding hydrogens is 549 g/mol. The van der Waals surface area contributed by atoms with Crippen LogP contribution in [0, 0.1) is 40.4 Å². The normalized spacial score (nSPS) is 41.0. The second-order valence-corrected chi connectivity index (χ2v) is 14.1. The number of hydrogen-bond donors (Lipinski definition) is 0. The molecular formula is C32H45F7O2. The quantitative estimate of drug-likeness (QED) is 0.216. The monoisotopic (exact) mass is 594 g/mol. The van der Waals surface area contributed by atoms with Gasteiger partial charge in [0.25, 0.3) is 0 Å². The molecule has 41 heavy (non-hydrogen) atoms. The lowest BCUT2D eigenvalue weighted by atomic mass is 9.47. The van der Waals surface area contributed by atoms with Crippen molar-refractivity contribution in [1.82, 2.24) is 0 Å². The molecule has 0 spiro atoms. The summed E-state index contributed by atoms with van der Waals surface area (Å²) in [5.74, 6) is -9.64. The highest BCUT2D eigenvalue weighted by Crippen LogP contribution is 2.67. The summed E-state index contributed by atoms with van der Waals surface area (Å²) in [6, 6.07) is 0. The zero-order valence-corrected chi connectivity index (χ0v) is 24.4. The van der Waals surface area contributed by atoms with Gasteiger partial charge in [-0.25, -0.2) is 0 Å². The molecule has 1 saturated heterocycles. The summed E-state index contributed by atoms with van der Waals surface area (Å²) in [6.45, 7) is 7.38. The Hall–Kier alpha value is -1.09. The summed E-state index contributed by atoms with van der Waals surface area (Å²) in [7, 11) is 0. The summed E-state index contributed by atoms with van der Waals surface area (Å²) < 4.78 is 104. The van der Waals surface area contributed by atoms with Crippen LogP contribution in [0.15, 0.2) is 23.8 Å². The number of ether oxygens (including phenoxy) is 2. The lowest BCUT2D eigenvalue weighted by molar-refractivity contribution is -0.353. The molecule has 1 heterocycles. The van der Waals surface area contributed by atoms with E-state index in [-0.39, 0.29) is 35.1 Å². The fourth-order valence-corrected chi connectivity index (χ4v) is 9.58. The summed E-state index contributed by atoms with van der Waals surface area (Å²) in [6.07, 6.45) is 8.33. The maximum Gasteiger partial charge on any atom is 0.459 e. The van der Waals surface area contributed by atoms with Crippen LogP contribution < -0.4 is 0 Å². The highest BCUT2D eigenvalue weighted by molar-refractivity contribution is 5.25. The standard InChI is InChI=1S/C32H45F7O2/c1-20(7-6-15-30(33,34)31(35,36)32(37,38)39)24-11-12-25-23-10-9-21-19-22(41-27-8-4-5-18-40-27)13-16-28(21,2)26(23)14-17-29(24,25)3/h6-7,9,20,22-27H,4-5,8,10-19H2,1-3H3/b7-6+/t20-,22+,23+,24-,25+,26+,27?,28+,29-/m1/s1. The predicted octanol–water partition coefficient (Wildman–Crippen LogP) is 9.89. The van der Waals surface area contributed by atoms with Gasteiger partial charge in [0.1, 0.15) is 0 Å². The highest BCUT2D eigenvalue weighted by atomic mass is 19.4. The van der Waals surface area contributed by atoms with E-state index >= 15 is 0 Å². The maximum atomic E-state index is 13.8. The van der Waals surface area contributed by atoms with Gasteiger partial charge in [-0.15, -0.1) is 0 Å². The SMILES string of the molecule is C[C@H](/C=C/CC(F)(F)C(F)(F)C(F)(F)F)[C@H]1CC[C@H]2[C@@H]3CC=C4C[C@@H](OC5CCCCO5)CC[C@]4(C)[C@H]3CC[C@]12C. The van der Waals surface area contributed by atoms with E-state index in [0.717, 1.165) is 83.3 Å². The van der Waals surface area contributed by atoms with Crippen LogP contribution in [-0.2, 0) is 9.47 Å². The Bertz CT molecular complexity index is 1000. The molecule has 5 rings (SSSR count). The fraction of sp³-hybridized carbons (Fsp3) is 0.875. The number of halogens is 7. The molecule has 4 fully saturated rings. The van der Waals surface area contributed by atoms with Crippen molar-refractivity contribution in [3.8, 4) is 0 Å². The van der Waals surface area contributed by atoms with Gasteiger partial charge in [-0.2, -0.15) is 30.7 Å². The Morgan fingerprint density at radius 3 is 2.41 bits per heavy atom. The van der Waals surface area contributed by atoms with Crippen LogP contribution in [0.4, 0.5) is 30.7 Å². The third kappa shape index (κ3) is 5.53. The summed E-state index contributed by atoms with van der Waals surface area (Å²) >= 11 is 0. The van der Waals surface area contributed by atoms with Crippen LogP contribution in [0.1, 0.15) is 97.8 Å². The lowest BCUT2D eigenvalue weighted by Gasteiger charge is -2.58. The molecule has 0 bridgehead atoms. The largest absolute Gasteiger partial charge is 0.459 e. The van der Waals surface area contributed by atoms with Crippen molar-refractivity contribution < 1.29 is 40.2 Å². The van der Waals surface area contributed by atoms with Crippen LogP contribution in [-0.4, -0.2) is 37.0 Å². The summed E-state index contributed by atoms with van der Waals surface area (Å²) in [5, 5.41) is 0. The third-order valence-electron chi connectivity index (χ3n) is 11.9. The minimum absolute atomic E-state index is 0.0102. The maximum absolute atomic E-state index is 13.8. The first-order valence-electron chi connectivity index (χ1n) is 15.6. The number of fused-ring (bicyclic) bond motifs is 5. The van der Waals surface area contributed by atoms with Gasteiger partial charge in [0, 0.05) is 13.0 Å². The first-order chi connectivity index (χ1) is 19.1. The number of alkyl halides is 7. The van der Waals surface area contributed by atoms with Crippen LogP contribution in [0.3, 0.4) is 0 Å². The molecule has 0 N–H and O–H groups in total. The molecule has 5 aliphatic rings. The summed E-state index contributed by atoms with van der Waals surface area (Å²) in [5.41, 5.74) is 1.66. The van der Waals surface area contributed by atoms with Crippen molar-refractivity contribution in [3.05, 3.63) is 23.8 Å². The zero-order valence-electron chi connectivity index (χ0n) is 24.4. The van der Waals surface area contributed by atoms with E-state index in [0.29, 0.717) is 17.8 Å². The average molecular weight is 595 g/mol. The Kier molecular flexibility index (Phi) is 8.50. The van der Waals surface area contributed by atoms with Crippen molar-refractivity contribution in [2.75, 3.05) is 6.61 Å². The van der Waals surface area contributed by atoms with Gasteiger partial charge in [-0.3, -0.25) is 0 Å². The second-order valence-electron chi connectivity index (χ2n) is 14.1. The van der Waals surface area contributed by atoms with Gasteiger partial charge in [0.05, 0.1) is 6.10 Å². The Morgan fingerprint density at radius 2 is 1.73 bits per heavy atom. The number of rotatable bonds is 7. The van der Waals surface area contributed by atoms with E-state index in [1.54, 1.807) is 0 Å². The van der Waals surface area contributed by atoms with Crippen molar-refractivity contribution in [2.45, 2.75) is 128 Å². The van der Waals surface area contributed by atoms with E-state index in [2.05, 4.69) is 19.9 Å². The van der Waals surface area contributed by atoms with Crippen molar-refractivity contribution >= 4 is 0 Å².